The molecule has 33 heavy (non-hydrogen) atoms. The molecule has 172 valence electrons. The summed E-state index contributed by atoms with van der Waals surface area (Å²) < 4.78 is 10.9. The number of likely N-dealkylation sites (tertiary alicyclic amines) is 1. The Morgan fingerprint density at radius 1 is 1.21 bits per heavy atom. The van der Waals surface area contributed by atoms with E-state index in [0.717, 1.165) is 62.1 Å². The number of amides is 1. The third-order valence-electron chi connectivity index (χ3n) is 6.02. The molecule has 1 atom stereocenters. The fraction of sp³-hybridized carbons (Fsp3) is 0.375. The van der Waals surface area contributed by atoms with Gasteiger partial charge in [0, 0.05) is 24.0 Å². The molecule has 0 bridgehead atoms. The van der Waals surface area contributed by atoms with Crippen LogP contribution < -0.4 is 14.4 Å². The lowest BCUT2D eigenvalue weighted by Gasteiger charge is -2.32. The minimum atomic E-state index is -0.0397. The van der Waals surface area contributed by atoms with Crippen LogP contribution in [0.1, 0.15) is 35.4 Å². The Bertz CT molecular complexity index is 1110. The van der Waals surface area contributed by atoms with Gasteiger partial charge >= 0.3 is 0 Å². The number of nitrogens with zero attached hydrogens (tertiary/aromatic N) is 3. The molecule has 2 aliphatic rings. The first kappa shape index (κ1) is 22.1. The lowest BCUT2D eigenvalue weighted by atomic mass is 10.0. The van der Waals surface area contributed by atoms with Crippen molar-refractivity contribution < 1.29 is 19.1 Å². The van der Waals surface area contributed by atoms with Crippen molar-refractivity contribution >= 4 is 40.0 Å². The van der Waals surface area contributed by atoms with E-state index in [9.17, 15) is 9.59 Å². The first-order valence-electron chi connectivity index (χ1n) is 11.1. The Labute approximate surface area is 200 Å². The number of rotatable bonds is 8. The van der Waals surface area contributed by atoms with Gasteiger partial charge in [-0.25, -0.2) is 4.98 Å². The number of carbonyl (C=O) groups is 2. The summed E-state index contributed by atoms with van der Waals surface area (Å²) in [5.74, 6) is 1.40. The second-order valence-corrected chi connectivity index (χ2v) is 9.89. The number of aromatic nitrogens is 1. The molecule has 1 amide bonds. The van der Waals surface area contributed by atoms with Gasteiger partial charge in [-0.2, -0.15) is 0 Å². The van der Waals surface area contributed by atoms with Crippen LogP contribution in [0.2, 0.25) is 0 Å². The number of hydrogen-bond acceptors (Lipinski definition) is 8. The maximum absolute atomic E-state index is 13.3. The summed E-state index contributed by atoms with van der Waals surface area (Å²) in [5.41, 5.74) is 1.72. The molecule has 5 rings (SSSR count). The summed E-state index contributed by atoms with van der Waals surface area (Å²) in [5, 5.41) is 4.55. The van der Waals surface area contributed by atoms with Gasteiger partial charge in [-0.15, -0.1) is 22.7 Å². The highest BCUT2D eigenvalue weighted by molar-refractivity contribution is 7.14. The first-order valence-corrected chi connectivity index (χ1v) is 12.9. The highest BCUT2D eigenvalue weighted by Gasteiger charge is 2.25. The first-order chi connectivity index (χ1) is 16.2. The molecule has 1 aromatic carbocycles. The molecule has 1 fully saturated rings. The number of carbonyl (C=O) groups excluding carboxylic acids is 2. The summed E-state index contributed by atoms with van der Waals surface area (Å²) in [6.07, 6.45) is 4.98. The average molecular weight is 484 g/mol. The van der Waals surface area contributed by atoms with E-state index in [-0.39, 0.29) is 18.7 Å². The van der Waals surface area contributed by atoms with E-state index in [4.69, 9.17) is 14.5 Å². The smallest absolute Gasteiger partial charge is 0.270 e. The molecule has 0 spiro atoms. The lowest BCUT2D eigenvalue weighted by Crippen LogP contribution is -2.42. The second-order valence-electron chi connectivity index (χ2n) is 8.11. The molecule has 0 unspecified atom stereocenters. The third kappa shape index (κ3) is 4.80. The van der Waals surface area contributed by atoms with E-state index in [1.807, 2.05) is 41.1 Å². The van der Waals surface area contributed by atoms with Crippen molar-refractivity contribution in [3.8, 4) is 22.8 Å². The van der Waals surface area contributed by atoms with Crippen molar-refractivity contribution in [3.63, 3.8) is 0 Å². The monoisotopic (exact) mass is 483 g/mol. The van der Waals surface area contributed by atoms with Crippen LogP contribution in [0.15, 0.2) is 41.1 Å². The van der Waals surface area contributed by atoms with Crippen LogP contribution >= 0.6 is 22.7 Å². The van der Waals surface area contributed by atoms with E-state index in [0.29, 0.717) is 22.3 Å². The fourth-order valence-corrected chi connectivity index (χ4v) is 5.80. The summed E-state index contributed by atoms with van der Waals surface area (Å²) >= 11 is 2.89. The highest BCUT2D eigenvalue weighted by atomic mass is 32.1. The van der Waals surface area contributed by atoms with Gasteiger partial charge in [0.25, 0.3) is 5.91 Å². The minimum Gasteiger partial charge on any atom is -0.454 e. The number of anilines is 1. The normalized spacial score (nSPS) is 17.8. The van der Waals surface area contributed by atoms with Crippen molar-refractivity contribution in [2.45, 2.75) is 31.7 Å². The standard InChI is InChI=1S/C24H25N3O4S2/c28-14-18-5-1-2-9-26(18)10-4-11-27(23(29)22-6-3-12-32-22)24-25-19(15-33-24)17-7-8-20-21(13-17)31-16-30-20/h3,6-8,12-15,18H,1-2,4-5,9-11,16H2/t18-/m0/s1. The van der Waals surface area contributed by atoms with Gasteiger partial charge in [0.1, 0.15) is 6.29 Å². The number of thiophene rings is 1. The third-order valence-corrected chi connectivity index (χ3v) is 7.74. The van der Waals surface area contributed by atoms with Crippen LogP contribution in [0.4, 0.5) is 5.13 Å². The predicted octanol–water partition coefficient (Wildman–Crippen LogP) is 4.69. The molecule has 0 N–H and O–H groups in total. The maximum atomic E-state index is 13.3. The second kappa shape index (κ2) is 10.0. The van der Waals surface area contributed by atoms with Gasteiger partial charge in [-0.05, 0) is 55.5 Å². The zero-order chi connectivity index (χ0) is 22.6. The summed E-state index contributed by atoms with van der Waals surface area (Å²) in [6.45, 7) is 2.50. The van der Waals surface area contributed by atoms with Gasteiger partial charge in [0.15, 0.2) is 16.6 Å². The zero-order valence-corrected chi connectivity index (χ0v) is 19.8. The molecule has 9 heteroatoms. The molecule has 7 nitrogen and oxygen atoms in total. The number of fused-ring (bicyclic) bond motifs is 1. The summed E-state index contributed by atoms with van der Waals surface area (Å²) in [4.78, 5) is 34.2. The Morgan fingerprint density at radius 3 is 2.97 bits per heavy atom. The van der Waals surface area contributed by atoms with Crippen LogP contribution in [0.25, 0.3) is 11.3 Å². The number of thiazole rings is 1. The SMILES string of the molecule is O=C[C@@H]1CCCCN1CCCN(C(=O)c1cccs1)c1nc(-c2ccc3c(c2)OCO3)cs1. The van der Waals surface area contributed by atoms with Gasteiger partial charge in [-0.3, -0.25) is 14.6 Å². The summed E-state index contributed by atoms with van der Waals surface area (Å²) in [7, 11) is 0. The quantitative estimate of drug-likeness (QED) is 0.433. The van der Waals surface area contributed by atoms with Crippen LogP contribution in [0.3, 0.4) is 0 Å². The van der Waals surface area contributed by atoms with E-state index in [1.165, 1.54) is 22.7 Å². The number of aldehydes is 1. The Hall–Kier alpha value is -2.75. The van der Waals surface area contributed by atoms with Crippen molar-refractivity contribution in [2.75, 3.05) is 31.3 Å². The Morgan fingerprint density at radius 2 is 2.12 bits per heavy atom. The zero-order valence-electron chi connectivity index (χ0n) is 18.1. The predicted molar refractivity (Wildman–Crippen MR) is 130 cm³/mol. The lowest BCUT2D eigenvalue weighted by molar-refractivity contribution is -0.113. The Kier molecular flexibility index (Phi) is 6.70. The van der Waals surface area contributed by atoms with E-state index in [2.05, 4.69) is 4.90 Å². The summed E-state index contributed by atoms with van der Waals surface area (Å²) in [6, 6.07) is 9.49. The van der Waals surface area contributed by atoms with Crippen LogP contribution in [-0.2, 0) is 4.79 Å². The fourth-order valence-electron chi connectivity index (χ4n) is 4.27. The molecular weight excluding hydrogens is 458 g/mol. The average Bonchev–Trinajstić information content (AvgIpc) is 3.62. The molecule has 0 saturated carbocycles. The van der Waals surface area contributed by atoms with E-state index < -0.39 is 0 Å². The molecule has 0 aliphatic carbocycles. The van der Waals surface area contributed by atoms with Crippen molar-refractivity contribution in [2.24, 2.45) is 0 Å². The van der Waals surface area contributed by atoms with Gasteiger partial charge in [-0.1, -0.05) is 12.5 Å². The minimum absolute atomic E-state index is 0.00216. The van der Waals surface area contributed by atoms with E-state index >= 15 is 0 Å². The van der Waals surface area contributed by atoms with Crippen molar-refractivity contribution in [1.29, 1.82) is 0 Å². The largest absolute Gasteiger partial charge is 0.454 e. The topological polar surface area (TPSA) is 72.0 Å². The van der Waals surface area contributed by atoms with Gasteiger partial charge in [0.05, 0.1) is 16.6 Å². The molecule has 3 aromatic rings. The highest BCUT2D eigenvalue weighted by Crippen LogP contribution is 2.37. The number of piperidine rings is 1. The number of hydrogen-bond donors (Lipinski definition) is 0. The Balaban J connectivity index is 1.33. The van der Waals surface area contributed by atoms with Crippen LogP contribution in [-0.4, -0.2) is 54.5 Å². The van der Waals surface area contributed by atoms with E-state index in [1.54, 1.807) is 4.90 Å². The van der Waals surface area contributed by atoms with Crippen LogP contribution in [0.5, 0.6) is 11.5 Å². The van der Waals surface area contributed by atoms with Gasteiger partial charge in [0.2, 0.25) is 6.79 Å². The number of ether oxygens (including phenoxy) is 2. The maximum Gasteiger partial charge on any atom is 0.270 e. The molecule has 2 aromatic heterocycles. The van der Waals surface area contributed by atoms with Crippen molar-refractivity contribution in [1.82, 2.24) is 9.88 Å². The molecule has 2 aliphatic heterocycles. The van der Waals surface area contributed by atoms with Crippen LogP contribution in [0, 0.1) is 0 Å². The van der Waals surface area contributed by atoms with Gasteiger partial charge < -0.3 is 14.3 Å². The molecule has 1 saturated heterocycles. The number of benzene rings is 1. The molecular formula is C24H25N3O4S2. The molecule has 0 radical (unpaired) electrons. The molecule has 4 heterocycles. The van der Waals surface area contributed by atoms with Crippen molar-refractivity contribution in [3.05, 3.63) is 46.0 Å².